The minimum absolute atomic E-state index is 0.160. The molecule has 0 amide bonds. The Morgan fingerprint density at radius 1 is 0.682 bits per heavy atom. The Morgan fingerprint density at radius 3 is 1.68 bits per heavy atom. The van der Waals surface area contributed by atoms with Crippen LogP contribution >= 0.6 is 7.82 Å². The Labute approximate surface area is 265 Å². The number of hydrogen-bond acceptors (Lipinski definition) is 9. The van der Waals surface area contributed by atoms with Crippen molar-refractivity contribution in [1.29, 1.82) is 0 Å². The zero-order chi connectivity index (χ0) is 32.9. The number of carboxylic acids is 1. The van der Waals surface area contributed by atoms with E-state index in [1.165, 1.54) is 38.5 Å². The topological polar surface area (TPSA) is 172 Å². The summed E-state index contributed by atoms with van der Waals surface area (Å²) in [7, 11) is -4.69. The van der Waals surface area contributed by atoms with E-state index in [2.05, 4.69) is 30.5 Å². The molecular weight excluding hydrogens is 589 g/mol. The zero-order valence-electron chi connectivity index (χ0n) is 27.3. The van der Waals surface area contributed by atoms with Crippen molar-refractivity contribution in [1.82, 2.24) is 0 Å². The van der Waals surface area contributed by atoms with Crippen molar-refractivity contribution in [3.8, 4) is 0 Å². The summed E-state index contributed by atoms with van der Waals surface area (Å²) in [5.41, 5.74) is 5.28. The third kappa shape index (κ3) is 27.7. The van der Waals surface area contributed by atoms with Gasteiger partial charge in [-0.25, -0.2) is 4.57 Å². The van der Waals surface area contributed by atoms with Gasteiger partial charge in [-0.1, -0.05) is 103 Å². The van der Waals surface area contributed by atoms with Gasteiger partial charge < -0.3 is 25.2 Å². The molecule has 0 bridgehead atoms. The van der Waals surface area contributed by atoms with Crippen LogP contribution in [0.4, 0.5) is 0 Å². The van der Waals surface area contributed by atoms with Crippen LogP contribution in [-0.2, 0) is 37.5 Å². The molecule has 0 rings (SSSR count). The molecular formula is C32H60NO10P. The van der Waals surface area contributed by atoms with Crippen molar-refractivity contribution in [2.24, 2.45) is 5.73 Å². The highest BCUT2D eigenvalue weighted by Crippen LogP contribution is 2.43. The van der Waals surface area contributed by atoms with Gasteiger partial charge in [-0.15, -0.1) is 0 Å². The molecule has 0 saturated carbocycles. The number of carbonyl (C=O) groups is 3. The second kappa shape index (κ2) is 28.7. The molecule has 1 unspecified atom stereocenters. The smallest absolute Gasteiger partial charge is 0.472 e. The zero-order valence-corrected chi connectivity index (χ0v) is 28.2. The Morgan fingerprint density at radius 2 is 1.14 bits per heavy atom. The van der Waals surface area contributed by atoms with Gasteiger partial charge >= 0.3 is 25.7 Å². The molecule has 0 aromatic rings. The second-order valence-corrected chi connectivity index (χ2v) is 12.8. The first-order valence-electron chi connectivity index (χ1n) is 16.7. The number of phosphoric acid groups is 1. The Balaban J connectivity index is 4.46. The van der Waals surface area contributed by atoms with Crippen LogP contribution in [0.15, 0.2) is 12.2 Å². The van der Waals surface area contributed by atoms with E-state index in [-0.39, 0.29) is 19.4 Å². The quantitative estimate of drug-likeness (QED) is 0.0296. The number of carbonyl (C=O) groups excluding carboxylic acids is 2. The summed E-state index contributed by atoms with van der Waals surface area (Å²) >= 11 is 0. The SMILES string of the molecule is CCCCCC/C=C/CCCCCCCC(=O)OC[C@@H](COP(=O)(O)OC[C@@H](N)C(=O)O)OC(=O)CCCCCCCCC. The fourth-order valence-corrected chi connectivity index (χ4v) is 5.07. The molecule has 0 aromatic carbocycles. The fraction of sp³-hybridized carbons (Fsp3) is 0.844. The molecule has 44 heavy (non-hydrogen) atoms. The van der Waals surface area contributed by atoms with Gasteiger partial charge in [-0.2, -0.15) is 0 Å². The van der Waals surface area contributed by atoms with Crippen molar-refractivity contribution in [2.75, 3.05) is 19.8 Å². The van der Waals surface area contributed by atoms with E-state index >= 15 is 0 Å². The lowest BCUT2D eigenvalue weighted by Crippen LogP contribution is -2.34. The maximum atomic E-state index is 12.4. The minimum Gasteiger partial charge on any atom is -0.480 e. The second-order valence-electron chi connectivity index (χ2n) is 11.3. The molecule has 11 nitrogen and oxygen atoms in total. The third-order valence-corrected chi connectivity index (χ3v) is 7.96. The van der Waals surface area contributed by atoms with Crippen molar-refractivity contribution in [3.05, 3.63) is 12.2 Å². The van der Waals surface area contributed by atoms with E-state index in [1.54, 1.807) is 0 Å². The normalized spacial score (nSPS) is 14.3. The van der Waals surface area contributed by atoms with Crippen LogP contribution in [0.1, 0.15) is 142 Å². The van der Waals surface area contributed by atoms with E-state index < -0.39 is 51.1 Å². The van der Waals surface area contributed by atoms with Gasteiger partial charge in [0.25, 0.3) is 0 Å². The van der Waals surface area contributed by atoms with Gasteiger partial charge in [-0.3, -0.25) is 23.4 Å². The maximum Gasteiger partial charge on any atom is 0.472 e. The molecule has 0 saturated heterocycles. The molecule has 4 N–H and O–H groups in total. The van der Waals surface area contributed by atoms with Crippen molar-refractivity contribution < 1.29 is 47.5 Å². The number of nitrogens with two attached hydrogens (primary N) is 1. The lowest BCUT2D eigenvalue weighted by molar-refractivity contribution is -0.161. The number of phosphoric ester groups is 1. The molecule has 0 aromatic heterocycles. The van der Waals surface area contributed by atoms with E-state index in [4.69, 9.17) is 24.8 Å². The van der Waals surface area contributed by atoms with Gasteiger partial charge in [0.2, 0.25) is 0 Å². The monoisotopic (exact) mass is 649 g/mol. The standard InChI is InChI=1S/C32H60NO10P/c1-3-5-7-9-11-12-13-14-15-16-18-19-21-23-30(34)40-25-28(26-41-44(38,39)42-27-29(33)32(36)37)43-31(35)24-22-20-17-10-8-6-4-2/h12-13,28-29H,3-11,14-27,33H2,1-2H3,(H,36,37)(H,38,39)/b13-12+/t28-,29+/m0/s1. The first-order chi connectivity index (χ1) is 21.1. The van der Waals surface area contributed by atoms with Crippen molar-refractivity contribution >= 4 is 25.7 Å². The highest BCUT2D eigenvalue weighted by molar-refractivity contribution is 7.47. The molecule has 0 radical (unpaired) electrons. The summed E-state index contributed by atoms with van der Waals surface area (Å²) in [5, 5.41) is 8.81. The summed E-state index contributed by atoms with van der Waals surface area (Å²) in [6.07, 6.45) is 23.2. The fourth-order valence-electron chi connectivity index (χ4n) is 4.29. The summed E-state index contributed by atoms with van der Waals surface area (Å²) in [6, 6.07) is -1.52. The summed E-state index contributed by atoms with van der Waals surface area (Å²) in [6.45, 7) is 2.68. The lowest BCUT2D eigenvalue weighted by Gasteiger charge is -2.20. The highest BCUT2D eigenvalue weighted by atomic mass is 31.2. The lowest BCUT2D eigenvalue weighted by atomic mass is 10.1. The summed E-state index contributed by atoms with van der Waals surface area (Å²) in [5.74, 6) is -2.40. The molecule has 0 heterocycles. The van der Waals surface area contributed by atoms with Crippen LogP contribution in [0.2, 0.25) is 0 Å². The average molecular weight is 650 g/mol. The molecule has 0 aliphatic rings. The van der Waals surface area contributed by atoms with Crippen molar-refractivity contribution in [3.63, 3.8) is 0 Å². The molecule has 258 valence electrons. The van der Waals surface area contributed by atoms with E-state index in [0.717, 1.165) is 64.2 Å². The number of allylic oxidation sites excluding steroid dienone is 2. The first kappa shape index (κ1) is 42.2. The van der Waals surface area contributed by atoms with Gasteiger partial charge in [-0.05, 0) is 38.5 Å². The number of rotatable bonds is 31. The van der Waals surface area contributed by atoms with Crippen LogP contribution in [0.25, 0.3) is 0 Å². The van der Waals surface area contributed by atoms with Gasteiger partial charge in [0, 0.05) is 12.8 Å². The van der Waals surface area contributed by atoms with E-state index in [1.807, 2.05) is 0 Å². The predicted molar refractivity (Wildman–Crippen MR) is 171 cm³/mol. The van der Waals surface area contributed by atoms with E-state index in [9.17, 15) is 23.8 Å². The van der Waals surface area contributed by atoms with Crippen LogP contribution in [-0.4, -0.2) is 59.9 Å². The number of hydrogen-bond donors (Lipinski definition) is 3. The summed E-state index contributed by atoms with van der Waals surface area (Å²) < 4.78 is 32.3. The molecule has 0 fully saturated rings. The average Bonchev–Trinajstić information content (AvgIpc) is 2.99. The third-order valence-electron chi connectivity index (χ3n) is 7.01. The van der Waals surface area contributed by atoms with E-state index in [0.29, 0.717) is 12.8 Å². The molecule has 12 heteroatoms. The number of ether oxygens (including phenoxy) is 2. The van der Waals surface area contributed by atoms with Gasteiger partial charge in [0.15, 0.2) is 6.10 Å². The number of unbranched alkanes of at least 4 members (excludes halogenated alkanes) is 15. The number of esters is 2. The summed E-state index contributed by atoms with van der Waals surface area (Å²) in [4.78, 5) is 45.4. The Kier molecular flexibility index (Phi) is 27.5. The van der Waals surface area contributed by atoms with Gasteiger partial charge in [0.1, 0.15) is 12.6 Å². The van der Waals surface area contributed by atoms with Crippen LogP contribution in [0.5, 0.6) is 0 Å². The van der Waals surface area contributed by atoms with Crippen LogP contribution < -0.4 is 5.73 Å². The highest BCUT2D eigenvalue weighted by Gasteiger charge is 2.28. The van der Waals surface area contributed by atoms with Crippen LogP contribution in [0.3, 0.4) is 0 Å². The maximum absolute atomic E-state index is 12.4. The first-order valence-corrected chi connectivity index (χ1v) is 18.2. The van der Waals surface area contributed by atoms with Crippen LogP contribution in [0, 0.1) is 0 Å². The largest absolute Gasteiger partial charge is 0.480 e. The number of aliphatic carboxylic acids is 1. The number of carboxylic acid groups (broad SMARTS) is 1. The minimum atomic E-state index is -4.69. The molecule has 0 aliphatic carbocycles. The van der Waals surface area contributed by atoms with Crippen molar-refractivity contribution in [2.45, 2.75) is 154 Å². The molecule has 0 spiro atoms. The van der Waals surface area contributed by atoms with Gasteiger partial charge in [0.05, 0.1) is 13.2 Å². The Hall–Kier alpha value is -1.78. The Bertz CT molecular complexity index is 823. The molecule has 0 aliphatic heterocycles. The predicted octanol–water partition coefficient (Wildman–Crippen LogP) is 7.38. The molecule has 3 atom stereocenters.